The summed E-state index contributed by atoms with van der Waals surface area (Å²) < 4.78 is 0. The van der Waals surface area contributed by atoms with E-state index >= 15 is 0 Å². The first-order chi connectivity index (χ1) is 9.01. The topological polar surface area (TPSA) is 110 Å². The van der Waals surface area contributed by atoms with Crippen LogP contribution in [0.4, 0.5) is 17.6 Å². The lowest BCUT2D eigenvalue weighted by Gasteiger charge is -2.37. The van der Waals surface area contributed by atoms with Crippen molar-refractivity contribution >= 4 is 23.5 Å². The summed E-state index contributed by atoms with van der Waals surface area (Å²) in [6, 6.07) is 2.13. The third-order valence-corrected chi connectivity index (χ3v) is 3.56. The molecule has 0 spiro atoms. The average molecular weight is 264 g/mol. The summed E-state index contributed by atoms with van der Waals surface area (Å²) in [4.78, 5) is 21.7. The molecule has 2 unspecified atom stereocenters. The minimum Gasteiger partial charge on any atom is -0.373 e. The van der Waals surface area contributed by atoms with E-state index in [-0.39, 0.29) is 17.8 Å². The second kappa shape index (κ2) is 5.29. The zero-order valence-electron chi connectivity index (χ0n) is 11.3. The summed E-state index contributed by atoms with van der Waals surface area (Å²) in [5, 5.41) is 2.95. The molecule has 2 heterocycles. The molecule has 7 heteroatoms. The van der Waals surface area contributed by atoms with Gasteiger partial charge in [0.05, 0.1) is 5.92 Å². The maximum absolute atomic E-state index is 11.4. The van der Waals surface area contributed by atoms with E-state index in [9.17, 15) is 4.79 Å². The van der Waals surface area contributed by atoms with Crippen LogP contribution in [0.25, 0.3) is 0 Å². The SMILES string of the molecule is CNc1cc(N2CC(C(N)=O)CCC2C)nc(N)n1. The molecule has 5 N–H and O–H groups in total. The smallest absolute Gasteiger partial charge is 0.223 e. The van der Waals surface area contributed by atoms with Crippen LogP contribution in [-0.4, -0.2) is 35.5 Å². The molecule has 104 valence electrons. The second-order valence-electron chi connectivity index (χ2n) is 4.90. The Morgan fingerprint density at radius 2 is 2.21 bits per heavy atom. The number of rotatable bonds is 3. The van der Waals surface area contributed by atoms with E-state index in [1.807, 2.05) is 6.07 Å². The minimum atomic E-state index is -0.257. The van der Waals surface area contributed by atoms with Crippen molar-refractivity contribution in [1.29, 1.82) is 0 Å². The molecule has 2 atom stereocenters. The number of nitrogens with one attached hydrogen (secondary N) is 1. The van der Waals surface area contributed by atoms with Crippen molar-refractivity contribution in [2.45, 2.75) is 25.8 Å². The highest BCUT2D eigenvalue weighted by molar-refractivity contribution is 5.77. The van der Waals surface area contributed by atoms with Gasteiger partial charge in [0.15, 0.2) is 0 Å². The van der Waals surface area contributed by atoms with Gasteiger partial charge in [0, 0.05) is 25.7 Å². The van der Waals surface area contributed by atoms with E-state index in [0.717, 1.165) is 18.7 Å². The first-order valence-electron chi connectivity index (χ1n) is 6.39. The summed E-state index contributed by atoms with van der Waals surface area (Å²) in [6.07, 6.45) is 1.73. The number of primary amides is 1. The maximum Gasteiger partial charge on any atom is 0.223 e. The molecule has 0 aliphatic carbocycles. The molecule has 1 amide bonds. The van der Waals surface area contributed by atoms with Gasteiger partial charge in [-0.05, 0) is 19.8 Å². The third kappa shape index (κ3) is 2.86. The number of carbonyl (C=O) groups is 1. The molecule has 1 aliphatic heterocycles. The van der Waals surface area contributed by atoms with Gasteiger partial charge in [-0.25, -0.2) is 0 Å². The largest absolute Gasteiger partial charge is 0.373 e. The van der Waals surface area contributed by atoms with Crippen molar-refractivity contribution in [2.75, 3.05) is 29.5 Å². The molecule has 1 aromatic heterocycles. The normalized spacial score (nSPS) is 23.2. The molecule has 0 bridgehead atoms. The van der Waals surface area contributed by atoms with Gasteiger partial charge < -0.3 is 21.7 Å². The van der Waals surface area contributed by atoms with Gasteiger partial charge in [-0.3, -0.25) is 4.79 Å². The molecule has 7 nitrogen and oxygen atoms in total. The Bertz CT molecular complexity index is 477. The molecule has 0 radical (unpaired) electrons. The number of hydrogen-bond donors (Lipinski definition) is 3. The van der Waals surface area contributed by atoms with Crippen LogP contribution in [0, 0.1) is 5.92 Å². The number of nitrogens with zero attached hydrogens (tertiary/aromatic N) is 3. The van der Waals surface area contributed by atoms with Gasteiger partial charge in [-0.2, -0.15) is 9.97 Å². The number of anilines is 3. The van der Waals surface area contributed by atoms with Crippen molar-refractivity contribution in [3.05, 3.63) is 6.07 Å². The molecule has 0 aromatic carbocycles. The van der Waals surface area contributed by atoms with Crippen LogP contribution < -0.4 is 21.7 Å². The minimum absolute atomic E-state index is 0.134. The zero-order chi connectivity index (χ0) is 14.0. The fraction of sp³-hybridized carbons (Fsp3) is 0.583. The quantitative estimate of drug-likeness (QED) is 0.719. The molecule has 2 rings (SSSR count). The highest BCUT2D eigenvalue weighted by Crippen LogP contribution is 2.27. The second-order valence-corrected chi connectivity index (χ2v) is 4.90. The van der Waals surface area contributed by atoms with Gasteiger partial charge in [0.1, 0.15) is 11.6 Å². The van der Waals surface area contributed by atoms with Crippen LogP contribution in [0.3, 0.4) is 0 Å². The number of amides is 1. The summed E-state index contributed by atoms with van der Waals surface area (Å²) in [5.74, 6) is 1.22. The Kier molecular flexibility index (Phi) is 3.73. The molecule has 1 aliphatic rings. The van der Waals surface area contributed by atoms with Crippen molar-refractivity contribution in [1.82, 2.24) is 9.97 Å². The predicted molar refractivity (Wildman–Crippen MR) is 74.7 cm³/mol. The van der Waals surface area contributed by atoms with E-state index in [1.165, 1.54) is 0 Å². The Morgan fingerprint density at radius 1 is 1.47 bits per heavy atom. The van der Waals surface area contributed by atoms with Crippen LogP contribution in [0.1, 0.15) is 19.8 Å². The highest BCUT2D eigenvalue weighted by Gasteiger charge is 2.29. The molecular formula is C12H20N6O. The van der Waals surface area contributed by atoms with Crippen molar-refractivity contribution in [3.8, 4) is 0 Å². The first kappa shape index (κ1) is 13.4. The summed E-state index contributed by atoms with van der Waals surface area (Å²) in [7, 11) is 1.78. The lowest BCUT2D eigenvalue weighted by atomic mass is 9.93. The Hall–Kier alpha value is -2.05. The maximum atomic E-state index is 11.4. The average Bonchev–Trinajstić information content (AvgIpc) is 2.38. The van der Waals surface area contributed by atoms with E-state index in [0.29, 0.717) is 18.4 Å². The molecule has 0 saturated carbocycles. The van der Waals surface area contributed by atoms with Crippen LogP contribution in [0.15, 0.2) is 6.07 Å². The van der Waals surface area contributed by atoms with Gasteiger partial charge in [-0.1, -0.05) is 0 Å². The van der Waals surface area contributed by atoms with Crippen LogP contribution in [-0.2, 0) is 4.79 Å². The molecule has 19 heavy (non-hydrogen) atoms. The standard InChI is InChI=1S/C12H20N6O/c1-7-3-4-8(11(13)19)6-18(7)10-5-9(15-2)16-12(14)17-10/h5,7-8H,3-4,6H2,1-2H3,(H2,13,19)(H3,14,15,16,17). The summed E-state index contributed by atoms with van der Waals surface area (Å²) in [6.45, 7) is 2.69. The van der Waals surface area contributed by atoms with E-state index in [2.05, 4.69) is 27.1 Å². The van der Waals surface area contributed by atoms with Crippen molar-refractivity contribution < 1.29 is 4.79 Å². The Balaban J connectivity index is 2.27. The lowest BCUT2D eigenvalue weighted by Crippen LogP contribution is -2.46. The van der Waals surface area contributed by atoms with Crippen LogP contribution in [0.2, 0.25) is 0 Å². The summed E-state index contributed by atoms with van der Waals surface area (Å²) >= 11 is 0. The van der Waals surface area contributed by atoms with Crippen molar-refractivity contribution in [2.24, 2.45) is 11.7 Å². The monoisotopic (exact) mass is 264 g/mol. The number of nitrogen functional groups attached to an aromatic ring is 1. The first-order valence-corrected chi connectivity index (χ1v) is 6.39. The number of piperidine rings is 1. The summed E-state index contributed by atoms with van der Waals surface area (Å²) in [5.41, 5.74) is 11.1. The fourth-order valence-corrected chi connectivity index (χ4v) is 2.39. The molecular weight excluding hydrogens is 244 g/mol. The molecule has 1 fully saturated rings. The molecule has 1 aromatic rings. The van der Waals surface area contributed by atoms with Crippen LogP contribution >= 0.6 is 0 Å². The number of nitrogens with two attached hydrogens (primary N) is 2. The van der Waals surface area contributed by atoms with E-state index < -0.39 is 0 Å². The van der Waals surface area contributed by atoms with Crippen LogP contribution in [0.5, 0.6) is 0 Å². The Labute approximate surface area is 112 Å². The number of hydrogen-bond acceptors (Lipinski definition) is 6. The van der Waals surface area contributed by atoms with Gasteiger partial charge in [-0.15, -0.1) is 0 Å². The van der Waals surface area contributed by atoms with E-state index in [4.69, 9.17) is 11.5 Å². The van der Waals surface area contributed by atoms with Gasteiger partial charge in [0.2, 0.25) is 11.9 Å². The fourth-order valence-electron chi connectivity index (χ4n) is 2.39. The molecule has 1 saturated heterocycles. The zero-order valence-corrected chi connectivity index (χ0v) is 11.3. The third-order valence-electron chi connectivity index (χ3n) is 3.56. The predicted octanol–water partition coefficient (Wildman–Crippen LogP) is 0.191. The highest BCUT2D eigenvalue weighted by atomic mass is 16.1. The number of carbonyl (C=O) groups excluding carboxylic acids is 1. The lowest BCUT2D eigenvalue weighted by molar-refractivity contribution is -0.122. The van der Waals surface area contributed by atoms with E-state index in [1.54, 1.807) is 7.05 Å². The van der Waals surface area contributed by atoms with Crippen molar-refractivity contribution in [3.63, 3.8) is 0 Å². The Morgan fingerprint density at radius 3 is 2.84 bits per heavy atom. The number of aromatic nitrogens is 2. The van der Waals surface area contributed by atoms with Gasteiger partial charge >= 0.3 is 0 Å². The van der Waals surface area contributed by atoms with Gasteiger partial charge in [0.25, 0.3) is 0 Å².